The zero-order valence-electron chi connectivity index (χ0n) is 10.3. The molecule has 4 nitrogen and oxygen atoms in total. The molecule has 19 heavy (non-hydrogen) atoms. The lowest BCUT2D eigenvalue weighted by Crippen LogP contribution is -2.07. The topological polar surface area (TPSA) is 50.2 Å². The summed E-state index contributed by atoms with van der Waals surface area (Å²) in [5.74, 6) is 0.818. The summed E-state index contributed by atoms with van der Waals surface area (Å²) < 4.78 is 12.9. The Morgan fingerprint density at radius 3 is 2.63 bits per heavy atom. The Morgan fingerprint density at radius 1 is 1.21 bits per heavy atom. The lowest BCUT2D eigenvalue weighted by molar-refractivity contribution is 0.627. The van der Waals surface area contributed by atoms with E-state index in [0.717, 1.165) is 24.1 Å². The largest absolute Gasteiger partial charge is 0.260 e. The van der Waals surface area contributed by atoms with Gasteiger partial charge in [-0.2, -0.15) is 5.10 Å². The van der Waals surface area contributed by atoms with E-state index in [2.05, 4.69) is 20.5 Å². The highest BCUT2D eigenvalue weighted by molar-refractivity contribution is 6.03. The lowest BCUT2D eigenvalue weighted by Gasteiger charge is -2.06. The summed E-state index contributed by atoms with van der Waals surface area (Å²) in [5.41, 5.74) is 4.79. The van der Waals surface area contributed by atoms with Gasteiger partial charge < -0.3 is 0 Å². The Balaban J connectivity index is 1.83. The highest BCUT2D eigenvalue weighted by atomic mass is 19.1. The van der Waals surface area contributed by atoms with Crippen molar-refractivity contribution in [2.75, 3.05) is 5.43 Å². The minimum Gasteiger partial charge on any atom is -0.260 e. The molecule has 1 fully saturated rings. The van der Waals surface area contributed by atoms with Crippen LogP contribution in [-0.4, -0.2) is 15.7 Å². The van der Waals surface area contributed by atoms with E-state index < -0.39 is 0 Å². The number of nitrogens with one attached hydrogen (secondary N) is 1. The number of hydrogen-bond acceptors (Lipinski definition) is 4. The predicted molar refractivity (Wildman–Crippen MR) is 71.3 cm³/mol. The zero-order chi connectivity index (χ0) is 13.1. The second-order valence-electron chi connectivity index (χ2n) is 4.48. The van der Waals surface area contributed by atoms with Crippen LogP contribution < -0.4 is 5.43 Å². The molecule has 3 rings (SSSR count). The molecule has 1 saturated carbocycles. The van der Waals surface area contributed by atoms with Gasteiger partial charge in [-0.15, -0.1) is 0 Å². The lowest BCUT2D eigenvalue weighted by atomic mass is 10.1. The minimum atomic E-state index is -0.235. The van der Waals surface area contributed by atoms with Crippen molar-refractivity contribution in [3.63, 3.8) is 0 Å². The molecular weight excluding hydrogens is 243 g/mol. The van der Waals surface area contributed by atoms with Crippen molar-refractivity contribution in [2.45, 2.75) is 12.8 Å². The molecule has 0 amide bonds. The van der Waals surface area contributed by atoms with Crippen LogP contribution in [0.5, 0.6) is 0 Å². The molecule has 1 aromatic carbocycles. The first-order valence-electron chi connectivity index (χ1n) is 6.18. The Kier molecular flexibility index (Phi) is 3.18. The number of aromatic nitrogens is 2. The van der Waals surface area contributed by atoms with Gasteiger partial charge in [0.15, 0.2) is 5.82 Å². The van der Waals surface area contributed by atoms with Crippen molar-refractivity contribution in [3.8, 4) is 0 Å². The van der Waals surface area contributed by atoms with Crippen molar-refractivity contribution in [1.29, 1.82) is 0 Å². The van der Waals surface area contributed by atoms with Gasteiger partial charge >= 0.3 is 0 Å². The summed E-state index contributed by atoms with van der Waals surface area (Å²) in [6.07, 6.45) is 7.07. The molecule has 2 aromatic rings. The molecule has 5 heteroatoms. The maximum absolute atomic E-state index is 12.9. The number of halogens is 1. The molecule has 0 aliphatic heterocycles. The first kappa shape index (κ1) is 11.8. The molecule has 0 atom stereocenters. The fraction of sp³-hybridized carbons (Fsp3) is 0.214. The normalized spacial score (nSPS) is 15.3. The number of nitrogens with zero attached hydrogens (tertiary/aromatic N) is 3. The van der Waals surface area contributed by atoms with E-state index in [-0.39, 0.29) is 5.82 Å². The molecule has 1 aromatic heterocycles. The van der Waals surface area contributed by atoms with Crippen molar-refractivity contribution >= 4 is 11.5 Å². The van der Waals surface area contributed by atoms with Gasteiger partial charge in [0.05, 0.1) is 11.9 Å². The summed E-state index contributed by atoms with van der Waals surface area (Å²) in [6, 6.07) is 6.42. The van der Waals surface area contributed by atoms with Crippen molar-refractivity contribution in [3.05, 3.63) is 54.2 Å². The molecule has 1 aliphatic carbocycles. The Morgan fingerprint density at radius 2 is 2.00 bits per heavy atom. The van der Waals surface area contributed by atoms with Crippen LogP contribution in [0.25, 0.3) is 0 Å². The highest BCUT2D eigenvalue weighted by Gasteiger charge is 2.28. The smallest absolute Gasteiger partial charge is 0.164 e. The van der Waals surface area contributed by atoms with Gasteiger partial charge in [-0.05, 0) is 30.5 Å². The van der Waals surface area contributed by atoms with Crippen LogP contribution >= 0.6 is 0 Å². The fourth-order valence-corrected chi connectivity index (χ4v) is 1.84. The van der Waals surface area contributed by atoms with E-state index in [4.69, 9.17) is 0 Å². The second-order valence-corrected chi connectivity index (χ2v) is 4.48. The molecule has 0 unspecified atom stereocenters. The minimum absolute atomic E-state index is 0.235. The fourth-order valence-electron chi connectivity index (χ4n) is 1.84. The second kappa shape index (κ2) is 5.14. The molecule has 0 saturated heterocycles. The summed E-state index contributed by atoms with van der Waals surface area (Å²) in [5, 5.41) is 4.40. The first-order chi connectivity index (χ1) is 9.33. The molecule has 0 bridgehead atoms. The average Bonchev–Trinajstić information content (AvgIpc) is 3.27. The maximum Gasteiger partial charge on any atom is 0.164 e. The molecule has 1 aliphatic rings. The third kappa shape index (κ3) is 2.93. The molecule has 1 heterocycles. The Bertz CT molecular complexity index is 576. The monoisotopic (exact) mass is 256 g/mol. The van der Waals surface area contributed by atoms with Gasteiger partial charge in [-0.3, -0.25) is 10.4 Å². The third-order valence-electron chi connectivity index (χ3n) is 2.96. The maximum atomic E-state index is 12.9. The molecule has 0 spiro atoms. The van der Waals surface area contributed by atoms with Gasteiger partial charge in [0.2, 0.25) is 0 Å². The van der Waals surface area contributed by atoms with Crippen LogP contribution in [0.15, 0.2) is 48.0 Å². The summed E-state index contributed by atoms with van der Waals surface area (Å²) in [4.78, 5) is 8.06. The number of rotatable bonds is 4. The Hall–Kier alpha value is -2.30. The third-order valence-corrected chi connectivity index (χ3v) is 2.96. The quantitative estimate of drug-likeness (QED) is 0.676. The SMILES string of the molecule is Fc1ccc(/C(=N/Nc2cnccn2)C2CC2)cc1. The standard InChI is InChI=1S/C14H13FN4/c15-12-5-3-11(4-6-12)14(10-1-2-10)19-18-13-9-16-7-8-17-13/h3-10H,1-2H2,(H,17,18)/b19-14+. The van der Waals surface area contributed by atoms with Crippen LogP contribution in [-0.2, 0) is 0 Å². The molecule has 0 radical (unpaired) electrons. The van der Waals surface area contributed by atoms with E-state index in [1.165, 1.54) is 12.1 Å². The summed E-state index contributed by atoms with van der Waals surface area (Å²) in [7, 11) is 0. The van der Waals surface area contributed by atoms with Crippen LogP contribution in [0, 0.1) is 11.7 Å². The van der Waals surface area contributed by atoms with E-state index in [1.54, 1.807) is 30.7 Å². The van der Waals surface area contributed by atoms with Crippen LogP contribution in [0.2, 0.25) is 0 Å². The van der Waals surface area contributed by atoms with Gasteiger partial charge in [0.1, 0.15) is 5.82 Å². The van der Waals surface area contributed by atoms with Crippen molar-refractivity contribution in [2.24, 2.45) is 11.0 Å². The van der Waals surface area contributed by atoms with Crippen LogP contribution in [0.1, 0.15) is 18.4 Å². The number of benzene rings is 1. The average molecular weight is 256 g/mol. The molecular formula is C14H13FN4. The number of hydrazone groups is 1. The van der Waals surface area contributed by atoms with E-state index in [9.17, 15) is 4.39 Å². The van der Waals surface area contributed by atoms with E-state index in [0.29, 0.717) is 11.7 Å². The first-order valence-corrected chi connectivity index (χ1v) is 6.18. The van der Waals surface area contributed by atoms with Crippen LogP contribution in [0.3, 0.4) is 0 Å². The molecule has 1 N–H and O–H groups in total. The number of hydrogen-bond donors (Lipinski definition) is 1. The van der Waals surface area contributed by atoms with Crippen LogP contribution in [0.4, 0.5) is 10.2 Å². The van der Waals surface area contributed by atoms with E-state index >= 15 is 0 Å². The van der Waals surface area contributed by atoms with Gasteiger partial charge in [-0.1, -0.05) is 12.1 Å². The predicted octanol–water partition coefficient (Wildman–Crippen LogP) is 2.84. The van der Waals surface area contributed by atoms with E-state index in [1.807, 2.05) is 0 Å². The van der Waals surface area contributed by atoms with Crippen molar-refractivity contribution in [1.82, 2.24) is 9.97 Å². The summed E-state index contributed by atoms with van der Waals surface area (Å²) >= 11 is 0. The summed E-state index contributed by atoms with van der Waals surface area (Å²) in [6.45, 7) is 0. The van der Waals surface area contributed by atoms with Gasteiger partial charge in [0.25, 0.3) is 0 Å². The highest BCUT2D eigenvalue weighted by Crippen LogP contribution is 2.33. The number of anilines is 1. The van der Waals surface area contributed by atoms with Crippen molar-refractivity contribution < 1.29 is 4.39 Å². The van der Waals surface area contributed by atoms with Gasteiger partial charge in [-0.25, -0.2) is 9.37 Å². The zero-order valence-corrected chi connectivity index (χ0v) is 10.3. The van der Waals surface area contributed by atoms with Gasteiger partial charge in [0, 0.05) is 18.3 Å². The Labute approximate surface area is 110 Å². The molecule has 96 valence electrons.